The summed E-state index contributed by atoms with van der Waals surface area (Å²) in [5.74, 6) is -0.211. The number of aliphatic hydroxyl groups excluding tert-OH is 1. The summed E-state index contributed by atoms with van der Waals surface area (Å²) in [6.45, 7) is -0.949. The Balaban J connectivity index is 1.67. The summed E-state index contributed by atoms with van der Waals surface area (Å²) >= 11 is 0. The van der Waals surface area contributed by atoms with E-state index in [4.69, 9.17) is 15.4 Å². The largest absolute Gasteiger partial charge is 0.756 e. The van der Waals surface area contributed by atoms with E-state index in [0.717, 1.165) is 0 Å². The van der Waals surface area contributed by atoms with Crippen LogP contribution < -0.4 is 26.0 Å². The van der Waals surface area contributed by atoms with Gasteiger partial charge < -0.3 is 39.7 Å². The lowest BCUT2D eigenvalue weighted by Gasteiger charge is -2.33. The van der Waals surface area contributed by atoms with Gasteiger partial charge in [0.1, 0.15) is 12.3 Å². The second-order valence-corrected chi connectivity index (χ2v) is 10.3. The molecule has 0 amide bonds. The van der Waals surface area contributed by atoms with Crippen molar-refractivity contribution in [3.8, 4) is 0 Å². The van der Waals surface area contributed by atoms with Crippen LogP contribution in [0.1, 0.15) is 12.6 Å². The maximum absolute atomic E-state index is 11.8. The highest BCUT2D eigenvalue weighted by atomic mass is 31.3. The van der Waals surface area contributed by atoms with Gasteiger partial charge in [-0.05, 0) is 0 Å². The van der Waals surface area contributed by atoms with Crippen molar-refractivity contribution in [1.29, 1.82) is 0 Å². The lowest BCUT2D eigenvalue weighted by Crippen LogP contribution is -2.27. The van der Waals surface area contributed by atoms with Crippen molar-refractivity contribution in [1.82, 2.24) is 19.5 Å². The van der Waals surface area contributed by atoms with E-state index in [1.807, 2.05) is 0 Å². The Bertz CT molecular complexity index is 1170. The molecule has 0 spiro atoms. The molecule has 1 fully saturated rings. The quantitative estimate of drug-likeness (QED) is 0.257. The van der Waals surface area contributed by atoms with Crippen LogP contribution in [-0.2, 0) is 31.6 Å². The predicted molar refractivity (Wildman–Crippen MR) is 90.3 cm³/mol. The van der Waals surface area contributed by atoms with Gasteiger partial charge in [-0.1, -0.05) is 0 Å². The molecule has 0 aliphatic carbocycles. The van der Waals surface area contributed by atoms with Crippen LogP contribution in [0.3, 0.4) is 0 Å². The number of aromatic nitrogens is 4. The van der Waals surface area contributed by atoms with Gasteiger partial charge in [-0.2, -0.15) is 4.98 Å². The Labute approximate surface area is 171 Å². The van der Waals surface area contributed by atoms with Gasteiger partial charge in [-0.25, -0.2) is 13.6 Å². The third kappa shape index (κ3) is 6.04. The summed E-state index contributed by atoms with van der Waals surface area (Å²) in [5, 5.41) is 10.1. The number of nitrogens with one attached hydrogen (secondary N) is 1. The molecule has 0 radical (unpaired) electrons. The highest BCUT2D eigenvalue weighted by Crippen LogP contribution is 2.61. The number of imidazole rings is 1. The molecule has 1 saturated heterocycles. The molecule has 3 heterocycles. The van der Waals surface area contributed by atoms with E-state index < -0.39 is 54.1 Å². The molecular formula is C10H13N5O13P3-3. The van der Waals surface area contributed by atoms with Crippen LogP contribution in [0.5, 0.6) is 0 Å². The number of rotatable bonds is 8. The first-order valence-corrected chi connectivity index (χ1v) is 12.4. The molecule has 2 aromatic rings. The molecule has 6 atom stereocenters. The normalized spacial score (nSPS) is 27.6. The van der Waals surface area contributed by atoms with Crippen LogP contribution in [0.4, 0.5) is 5.95 Å². The second-order valence-electron chi connectivity index (χ2n) is 6.03. The number of hydrogen-bond donors (Lipinski definition) is 4. The average molecular weight is 504 g/mol. The van der Waals surface area contributed by atoms with Crippen LogP contribution in [0.25, 0.3) is 11.2 Å². The standard InChI is InChI=1S/C10H16N5O13P3/c11-10-13-8-7(9(17)14-10)12-3-15(8)6-1-4(16)5(26-6)2-25-30(21,22)28-31(23,24)27-29(18,19)20/h3-6,16H,1-2H2,(H,21,22)(H,23,24)(H2,18,19,20)(H3,11,13,14,17)/p-3/t4?,5-,6-/m1/s1. The molecule has 174 valence electrons. The minimum absolute atomic E-state index is 0.0216. The lowest BCUT2D eigenvalue weighted by atomic mass is 10.2. The van der Waals surface area contributed by atoms with Gasteiger partial charge in [0.25, 0.3) is 29.0 Å². The summed E-state index contributed by atoms with van der Waals surface area (Å²) in [6.07, 6.45) is -2.59. The molecule has 0 saturated carbocycles. The monoisotopic (exact) mass is 504 g/mol. The van der Waals surface area contributed by atoms with Crippen molar-refractivity contribution in [2.24, 2.45) is 0 Å². The number of nitrogen functional groups attached to an aromatic ring is 1. The Morgan fingerprint density at radius 3 is 2.61 bits per heavy atom. The van der Waals surface area contributed by atoms with Gasteiger partial charge >= 0.3 is 0 Å². The summed E-state index contributed by atoms with van der Waals surface area (Å²) < 4.78 is 50.8. The minimum atomic E-state index is -6.05. The number of nitrogens with two attached hydrogens (primary N) is 1. The predicted octanol–water partition coefficient (Wildman–Crippen LogP) is -3.20. The van der Waals surface area contributed by atoms with Crippen molar-refractivity contribution in [3.05, 3.63) is 16.7 Å². The summed E-state index contributed by atoms with van der Waals surface area (Å²) in [5.41, 5.74) is 4.80. The average Bonchev–Trinajstić information content (AvgIpc) is 3.13. The maximum Gasteiger partial charge on any atom is 0.280 e. The van der Waals surface area contributed by atoms with Gasteiger partial charge in [-0.15, -0.1) is 0 Å². The Hall–Kier alpha value is -1.52. The van der Waals surface area contributed by atoms with Gasteiger partial charge in [0.15, 0.2) is 11.2 Å². The minimum Gasteiger partial charge on any atom is -0.756 e. The van der Waals surface area contributed by atoms with E-state index in [1.165, 1.54) is 10.9 Å². The molecule has 1 aliphatic heterocycles. The van der Waals surface area contributed by atoms with Crippen molar-refractivity contribution < 1.29 is 56.3 Å². The van der Waals surface area contributed by atoms with Crippen molar-refractivity contribution in [3.63, 3.8) is 0 Å². The van der Waals surface area contributed by atoms with Crippen molar-refractivity contribution in [2.45, 2.75) is 24.9 Å². The highest BCUT2D eigenvalue weighted by molar-refractivity contribution is 7.65. The molecule has 31 heavy (non-hydrogen) atoms. The van der Waals surface area contributed by atoms with Crippen molar-refractivity contribution in [2.75, 3.05) is 12.3 Å². The van der Waals surface area contributed by atoms with Gasteiger partial charge in [0.2, 0.25) is 5.95 Å². The molecule has 1 aliphatic rings. The van der Waals surface area contributed by atoms with E-state index in [-0.39, 0.29) is 23.5 Å². The maximum atomic E-state index is 11.8. The van der Waals surface area contributed by atoms with Gasteiger partial charge in [0.05, 0.1) is 19.0 Å². The zero-order chi connectivity index (χ0) is 23.2. The fourth-order valence-corrected chi connectivity index (χ4v) is 5.54. The molecule has 4 unspecified atom stereocenters. The molecule has 21 heteroatoms. The number of ether oxygens (including phenoxy) is 1. The molecule has 2 aromatic heterocycles. The fraction of sp³-hybridized carbons (Fsp3) is 0.500. The van der Waals surface area contributed by atoms with Crippen LogP contribution in [0.15, 0.2) is 11.1 Å². The van der Waals surface area contributed by atoms with Crippen molar-refractivity contribution >= 4 is 40.6 Å². The highest BCUT2D eigenvalue weighted by Gasteiger charge is 2.37. The van der Waals surface area contributed by atoms with E-state index in [2.05, 4.69) is 28.1 Å². The van der Waals surface area contributed by atoms with Crippen LogP contribution in [0.2, 0.25) is 0 Å². The summed E-state index contributed by atoms with van der Waals surface area (Å²) in [6, 6.07) is 0. The number of anilines is 1. The molecule has 0 bridgehead atoms. The number of hydrogen-bond acceptors (Lipinski definition) is 15. The van der Waals surface area contributed by atoms with Gasteiger partial charge in [-0.3, -0.25) is 28.0 Å². The third-order valence-corrected chi connectivity index (χ3v) is 7.46. The Morgan fingerprint density at radius 1 is 1.29 bits per heavy atom. The number of phosphoric ester groups is 1. The molecule has 5 N–H and O–H groups in total. The number of nitrogens with zero attached hydrogens (tertiary/aromatic N) is 3. The Morgan fingerprint density at radius 2 is 1.97 bits per heavy atom. The molecule has 18 nitrogen and oxygen atoms in total. The second kappa shape index (κ2) is 8.44. The molecule has 0 aromatic carbocycles. The van der Waals surface area contributed by atoms with E-state index in [1.54, 1.807) is 0 Å². The SMILES string of the molecule is Nc1nc2c(ncn2[C@H]2CC(O)[C@@H](COP(=O)([O-])OP(=O)([O-])OP(=O)([O-])O)O2)c(=O)[nH]1. The van der Waals surface area contributed by atoms with Crippen LogP contribution >= 0.6 is 23.5 Å². The topological polar surface area (TPSA) is 287 Å². The van der Waals surface area contributed by atoms with Crippen LogP contribution in [-0.4, -0.2) is 48.3 Å². The van der Waals surface area contributed by atoms with E-state index >= 15 is 0 Å². The third-order valence-electron chi connectivity index (χ3n) is 3.77. The number of fused-ring (bicyclic) bond motifs is 1. The fourth-order valence-electron chi connectivity index (χ4n) is 2.64. The first kappa shape index (κ1) is 24.1. The first-order valence-electron chi connectivity index (χ1n) is 7.95. The molecule has 3 rings (SSSR count). The van der Waals surface area contributed by atoms with Crippen LogP contribution in [0, 0.1) is 0 Å². The van der Waals surface area contributed by atoms with Gasteiger partial charge in [0, 0.05) is 6.42 Å². The zero-order valence-corrected chi connectivity index (χ0v) is 17.6. The number of aromatic amines is 1. The number of H-pyrrole nitrogens is 1. The lowest BCUT2D eigenvalue weighted by molar-refractivity contribution is -0.250. The van der Waals surface area contributed by atoms with E-state index in [9.17, 15) is 38.3 Å². The summed E-state index contributed by atoms with van der Waals surface area (Å²) in [4.78, 5) is 63.3. The summed E-state index contributed by atoms with van der Waals surface area (Å²) in [7, 11) is -17.6. The molecular weight excluding hydrogens is 491 g/mol. The Kier molecular flexibility index (Phi) is 6.57. The first-order chi connectivity index (χ1) is 14.2. The smallest absolute Gasteiger partial charge is 0.280 e. The zero-order valence-electron chi connectivity index (χ0n) is 14.9. The van der Waals surface area contributed by atoms with E-state index in [0.29, 0.717) is 0 Å². The number of phosphoric acid groups is 3. The number of aliphatic hydroxyl groups is 1.